The van der Waals surface area contributed by atoms with Gasteiger partial charge in [0.2, 0.25) is 0 Å². The Hall–Kier alpha value is -4.92. The van der Waals surface area contributed by atoms with Crippen molar-refractivity contribution in [1.29, 1.82) is 0 Å². The van der Waals surface area contributed by atoms with Crippen LogP contribution in [0.25, 0.3) is 43.6 Å². The van der Waals surface area contributed by atoms with Crippen molar-refractivity contribution in [3.63, 3.8) is 0 Å². The molecule has 5 heterocycles. The number of carbonyl (C=O) groups excluding carboxylic acids is 2. The van der Waals surface area contributed by atoms with Gasteiger partial charge in [-0.2, -0.15) is 0 Å². The van der Waals surface area contributed by atoms with Gasteiger partial charge in [0.15, 0.2) is 11.4 Å². The van der Waals surface area contributed by atoms with Gasteiger partial charge < -0.3 is 33.7 Å². The number of benzene rings is 2. The first-order valence-corrected chi connectivity index (χ1v) is 19.9. The molecule has 1 saturated heterocycles. The van der Waals surface area contributed by atoms with Crippen LogP contribution < -0.4 is 0 Å². The number of hydrogen-bond acceptors (Lipinski definition) is 11. The third-order valence-electron chi connectivity index (χ3n) is 10.4. The van der Waals surface area contributed by atoms with Crippen LogP contribution in [0.2, 0.25) is 0 Å². The summed E-state index contributed by atoms with van der Waals surface area (Å²) in [4.78, 5) is 45.4. The molecule has 0 spiro atoms. The Kier molecular flexibility index (Phi) is 13.9. The van der Waals surface area contributed by atoms with Gasteiger partial charge in [0.25, 0.3) is 0 Å². The number of methoxy groups -OCH3 is 2. The smallest absolute Gasteiger partial charge is 0.357 e. The average Bonchev–Trinajstić information content (AvgIpc) is 3.77. The largest absolute Gasteiger partial charge is 0.461 e. The molecule has 2 N–H and O–H groups in total. The SMILES string of the molecule is CCOC(=O)c1ncc2[nH]c3cccc(CN(CC)CC)c3c2c1COC.CCOC(=O)c1ncc2[nH]c3cccc(CN4CC(C)OC(C)C4)c3c2c1COC. The summed E-state index contributed by atoms with van der Waals surface area (Å²) >= 11 is 0. The van der Waals surface area contributed by atoms with Crippen LogP contribution in [0.1, 0.15) is 84.8 Å². The maximum Gasteiger partial charge on any atom is 0.357 e. The number of H-pyrrole nitrogens is 2. The predicted octanol–water partition coefficient (Wildman–Crippen LogP) is 7.53. The first-order valence-electron chi connectivity index (χ1n) is 19.9. The molecule has 1 aliphatic rings. The molecule has 0 radical (unpaired) electrons. The monoisotopic (exact) mass is 780 g/mol. The number of pyridine rings is 2. The van der Waals surface area contributed by atoms with Gasteiger partial charge in [0.1, 0.15) is 0 Å². The standard InChI is InChI=1S/C23H29N3O4.C21H27N3O3/c1-5-29-23(27)22-17(13-28-4)21-19(9-24-22)25-18-8-6-7-16(20(18)21)12-26-10-14(2)30-15(3)11-26;1-5-24(6-2)12-14-9-8-10-16-18(14)19-15(13-26-4)20(21(25)27-7-3)22-11-17(19)23-16/h6-9,14-15,25H,5,10-13H2,1-4H3;8-11,23H,5-7,12-13H2,1-4H3. The van der Waals surface area contributed by atoms with Gasteiger partial charge in [0, 0.05) is 84.1 Å². The number of rotatable bonds is 14. The molecule has 1 fully saturated rings. The number of morpholine rings is 1. The molecular formula is C44H56N6O7. The third-order valence-corrected chi connectivity index (χ3v) is 10.4. The molecule has 0 amide bonds. The Morgan fingerprint density at radius 3 is 1.65 bits per heavy atom. The van der Waals surface area contributed by atoms with E-state index in [1.807, 2.05) is 0 Å². The molecule has 2 unspecified atom stereocenters. The Morgan fingerprint density at radius 2 is 1.19 bits per heavy atom. The van der Waals surface area contributed by atoms with Gasteiger partial charge in [-0.3, -0.25) is 9.80 Å². The number of esters is 2. The third kappa shape index (κ3) is 8.98. The van der Waals surface area contributed by atoms with Gasteiger partial charge in [-0.15, -0.1) is 0 Å². The van der Waals surface area contributed by atoms with Crippen molar-refractivity contribution in [2.45, 2.75) is 80.1 Å². The van der Waals surface area contributed by atoms with E-state index in [1.54, 1.807) is 40.5 Å². The van der Waals surface area contributed by atoms with Gasteiger partial charge >= 0.3 is 11.9 Å². The second-order valence-electron chi connectivity index (χ2n) is 14.4. The van der Waals surface area contributed by atoms with Crippen molar-refractivity contribution in [1.82, 2.24) is 29.7 Å². The summed E-state index contributed by atoms with van der Waals surface area (Å²) in [5, 5.41) is 4.21. The van der Waals surface area contributed by atoms with Gasteiger partial charge in [-0.05, 0) is 64.0 Å². The number of ether oxygens (including phenoxy) is 5. The van der Waals surface area contributed by atoms with E-state index >= 15 is 0 Å². The minimum atomic E-state index is -0.422. The van der Waals surface area contributed by atoms with Crippen LogP contribution in [-0.2, 0) is 50.0 Å². The lowest BCUT2D eigenvalue weighted by Gasteiger charge is -2.35. The van der Waals surface area contributed by atoms with Crippen molar-refractivity contribution in [3.05, 3.63) is 82.4 Å². The molecule has 0 aliphatic carbocycles. The lowest BCUT2D eigenvalue weighted by Crippen LogP contribution is -2.44. The molecule has 6 aromatic rings. The Bertz CT molecular complexity index is 2320. The molecule has 57 heavy (non-hydrogen) atoms. The predicted molar refractivity (Wildman–Crippen MR) is 222 cm³/mol. The molecule has 13 heteroatoms. The van der Waals surface area contributed by atoms with Crippen LogP contribution in [0.3, 0.4) is 0 Å². The van der Waals surface area contributed by atoms with E-state index in [4.69, 9.17) is 23.7 Å². The second-order valence-corrected chi connectivity index (χ2v) is 14.4. The lowest BCUT2D eigenvalue weighted by atomic mass is 10.0. The molecule has 7 rings (SSSR count). The van der Waals surface area contributed by atoms with Gasteiger partial charge in [0.05, 0.1) is 62.1 Å². The summed E-state index contributed by atoms with van der Waals surface area (Å²) in [6, 6.07) is 12.5. The highest BCUT2D eigenvalue weighted by Gasteiger charge is 2.26. The number of hydrogen-bond donors (Lipinski definition) is 2. The van der Waals surface area contributed by atoms with Crippen molar-refractivity contribution in [2.24, 2.45) is 0 Å². The zero-order chi connectivity index (χ0) is 40.6. The number of nitrogens with one attached hydrogen (secondary N) is 2. The van der Waals surface area contributed by atoms with E-state index in [-0.39, 0.29) is 18.8 Å². The first kappa shape index (κ1) is 41.7. The second kappa shape index (κ2) is 19.0. The van der Waals surface area contributed by atoms with E-state index in [0.29, 0.717) is 31.2 Å². The number of aromatic nitrogens is 4. The van der Waals surface area contributed by atoms with Crippen molar-refractivity contribution >= 4 is 55.6 Å². The van der Waals surface area contributed by atoms with Crippen LogP contribution in [0.4, 0.5) is 0 Å². The molecule has 304 valence electrons. The van der Waals surface area contributed by atoms with Crippen molar-refractivity contribution in [2.75, 3.05) is 53.6 Å². The van der Waals surface area contributed by atoms with Crippen LogP contribution in [0, 0.1) is 0 Å². The minimum absolute atomic E-state index is 0.208. The van der Waals surface area contributed by atoms with Crippen LogP contribution in [-0.4, -0.2) is 107 Å². The quantitative estimate of drug-likeness (QED) is 0.106. The number of carbonyl (C=O) groups is 2. The summed E-state index contributed by atoms with van der Waals surface area (Å²) in [7, 11) is 3.25. The minimum Gasteiger partial charge on any atom is -0.461 e. The first-order chi connectivity index (χ1) is 27.6. The van der Waals surface area contributed by atoms with Gasteiger partial charge in [-0.1, -0.05) is 38.1 Å². The van der Waals surface area contributed by atoms with Crippen LogP contribution >= 0.6 is 0 Å². The molecular weight excluding hydrogens is 725 g/mol. The Labute approximate surface area is 334 Å². The average molecular weight is 781 g/mol. The molecule has 0 bridgehead atoms. The highest BCUT2D eigenvalue weighted by atomic mass is 16.5. The number of aromatic amines is 2. The van der Waals surface area contributed by atoms with E-state index in [9.17, 15) is 9.59 Å². The fraction of sp³-hybridized carbons (Fsp3) is 0.455. The highest BCUT2D eigenvalue weighted by Crippen LogP contribution is 2.35. The van der Waals surface area contributed by atoms with Crippen molar-refractivity contribution in [3.8, 4) is 0 Å². The molecule has 13 nitrogen and oxygen atoms in total. The normalized spacial score (nSPS) is 16.1. The summed E-state index contributed by atoms with van der Waals surface area (Å²) in [5.41, 5.74) is 8.45. The maximum absolute atomic E-state index is 12.5. The fourth-order valence-corrected chi connectivity index (χ4v) is 8.08. The summed E-state index contributed by atoms with van der Waals surface area (Å²) in [6.07, 6.45) is 3.84. The molecule has 4 aromatic heterocycles. The molecule has 2 atom stereocenters. The van der Waals surface area contributed by atoms with Crippen LogP contribution in [0.15, 0.2) is 48.8 Å². The van der Waals surface area contributed by atoms with Gasteiger partial charge in [-0.25, -0.2) is 19.6 Å². The molecule has 2 aromatic carbocycles. The Balaban J connectivity index is 0.000000194. The van der Waals surface area contributed by atoms with E-state index < -0.39 is 11.9 Å². The zero-order valence-corrected chi connectivity index (χ0v) is 34.5. The topological polar surface area (TPSA) is 144 Å². The summed E-state index contributed by atoms with van der Waals surface area (Å²) in [6.45, 7) is 18.7. The van der Waals surface area contributed by atoms with Crippen LogP contribution in [0.5, 0.6) is 0 Å². The molecule has 1 aliphatic heterocycles. The van der Waals surface area contributed by atoms with Crippen molar-refractivity contribution < 1.29 is 33.3 Å². The van der Waals surface area contributed by atoms with E-state index in [2.05, 4.69) is 93.8 Å². The number of nitrogens with zero attached hydrogens (tertiary/aromatic N) is 4. The Morgan fingerprint density at radius 1 is 0.719 bits per heavy atom. The summed E-state index contributed by atoms with van der Waals surface area (Å²) in [5.74, 6) is -0.837. The lowest BCUT2D eigenvalue weighted by molar-refractivity contribution is -0.0703. The zero-order valence-electron chi connectivity index (χ0n) is 34.5. The maximum atomic E-state index is 12.5. The number of fused-ring (bicyclic) bond motifs is 6. The van der Waals surface area contributed by atoms with E-state index in [1.165, 1.54) is 11.1 Å². The summed E-state index contributed by atoms with van der Waals surface area (Å²) < 4.78 is 27.2. The highest BCUT2D eigenvalue weighted by molar-refractivity contribution is 6.13. The van der Waals surface area contributed by atoms with E-state index in [0.717, 1.165) is 94.0 Å². The molecule has 0 saturated carbocycles. The fourth-order valence-electron chi connectivity index (χ4n) is 8.08.